The fourth-order valence-electron chi connectivity index (χ4n) is 1.38. The molecule has 0 spiro atoms. The number of hydrogen-bond donors (Lipinski definition) is 2. The zero-order valence-electron chi connectivity index (χ0n) is 10.1. The van der Waals surface area contributed by atoms with Gasteiger partial charge in [0.05, 0.1) is 10.7 Å². The van der Waals surface area contributed by atoms with Crippen molar-refractivity contribution in [3.63, 3.8) is 0 Å². The second-order valence-electron chi connectivity index (χ2n) is 3.80. The zero-order valence-corrected chi connectivity index (χ0v) is 14.1. The minimum atomic E-state index is -0.418. The standard InChI is InChI=1S/C11H8Br2N4O2S/c1-5-10(19)17(11(20)16-15-5)14-4-6-2-7(12)3-8(13)9(6)18/h2-4,18H,1H3,(H,16,20). The summed E-state index contributed by atoms with van der Waals surface area (Å²) >= 11 is 11.5. The summed E-state index contributed by atoms with van der Waals surface area (Å²) in [4.78, 5) is 11.8. The summed E-state index contributed by atoms with van der Waals surface area (Å²) in [6, 6.07) is 3.36. The van der Waals surface area contributed by atoms with Crippen LogP contribution < -0.4 is 5.56 Å². The molecule has 104 valence electrons. The topological polar surface area (TPSA) is 83.3 Å². The number of nitrogens with one attached hydrogen (secondary N) is 1. The number of phenols is 1. The molecule has 0 bridgehead atoms. The minimum absolute atomic E-state index is 0.0191. The van der Waals surface area contributed by atoms with Crippen molar-refractivity contribution in [1.82, 2.24) is 14.9 Å². The van der Waals surface area contributed by atoms with Gasteiger partial charge in [0.15, 0.2) is 0 Å². The molecule has 2 rings (SSSR count). The molecule has 0 radical (unpaired) electrons. The Labute approximate surface area is 135 Å². The Hall–Kier alpha value is -1.32. The number of aryl methyl sites for hydroxylation is 1. The SMILES string of the molecule is Cc1n[nH]c(=S)n(N=Cc2cc(Br)cc(Br)c2O)c1=O. The van der Waals surface area contributed by atoms with Gasteiger partial charge in [0.1, 0.15) is 11.4 Å². The highest BCUT2D eigenvalue weighted by atomic mass is 79.9. The Kier molecular flexibility index (Phi) is 4.51. The Bertz CT molecular complexity index is 813. The molecule has 9 heteroatoms. The molecular formula is C11H8Br2N4O2S. The van der Waals surface area contributed by atoms with Gasteiger partial charge in [0, 0.05) is 10.0 Å². The van der Waals surface area contributed by atoms with Gasteiger partial charge in [-0.1, -0.05) is 15.9 Å². The Balaban J connectivity index is 2.53. The molecule has 1 heterocycles. The van der Waals surface area contributed by atoms with E-state index in [1.165, 1.54) is 6.21 Å². The second-order valence-corrected chi connectivity index (χ2v) is 5.96. The largest absolute Gasteiger partial charge is 0.506 e. The highest BCUT2D eigenvalue weighted by Crippen LogP contribution is 2.30. The first-order valence-corrected chi connectivity index (χ1v) is 7.30. The van der Waals surface area contributed by atoms with Crippen molar-refractivity contribution in [3.05, 3.63) is 47.5 Å². The predicted octanol–water partition coefficient (Wildman–Crippen LogP) is 2.72. The number of H-pyrrole nitrogens is 1. The van der Waals surface area contributed by atoms with Gasteiger partial charge in [-0.2, -0.15) is 14.9 Å². The summed E-state index contributed by atoms with van der Waals surface area (Å²) in [6.07, 6.45) is 1.34. The van der Waals surface area contributed by atoms with E-state index in [1.54, 1.807) is 19.1 Å². The van der Waals surface area contributed by atoms with Crippen LogP contribution in [-0.2, 0) is 0 Å². The molecule has 0 fully saturated rings. The third kappa shape index (κ3) is 3.05. The van der Waals surface area contributed by atoms with Crippen molar-refractivity contribution >= 4 is 50.3 Å². The van der Waals surface area contributed by atoms with Crippen LogP contribution in [0.4, 0.5) is 0 Å². The van der Waals surface area contributed by atoms with Gasteiger partial charge in [-0.25, -0.2) is 0 Å². The first kappa shape index (κ1) is 15.1. The summed E-state index contributed by atoms with van der Waals surface area (Å²) in [5, 5.41) is 20.1. The monoisotopic (exact) mass is 418 g/mol. The van der Waals surface area contributed by atoms with E-state index in [9.17, 15) is 9.90 Å². The van der Waals surface area contributed by atoms with E-state index >= 15 is 0 Å². The van der Waals surface area contributed by atoms with Crippen LogP contribution in [0.3, 0.4) is 0 Å². The van der Waals surface area contributed by atoms with E-state index in [2.05, 4.69) is 47.2 Å². The fourth-order valence-corrected chi connectivity index (χ4v) is 2.82. The van der Waals surface area contributed by atoms with Gasteiger partial charge in [-0.3, -0.25) is 9.89 Å². The second kappa shape index (κ2) is 5.98. The Morgan fingerprint density at radius 2 is 2.20 bits per heavy atom. The van der Waals surface area contributed by atoms with Crippen LogP contribution in [0.1, 0.15) is 11.3 Å². The number of benzene rings is 1. The molecule has 0 saturated heterocycles. The third-order valence-electron chi connectivity index (χ3n) is 2.38. The van der Waals surface area contributed by atoms with Crippen molar-refractivity contribution in [1.29, 1.82) is 0 Å². The third-order valence-corrected chi connectivity index (χ3v) is 3.71. The number of nitrogens with zero attached hydrogens (tertiary/aromatic N) is 3. The summed E-state index contributed by atoms with van der Waals surface area (Å²) < 4.78 is 2.35. The van der Waals surface area contributed by atoms with Gasteiger partial charge < -0.3 is 5.11 Å². The first-order valence-electron chi connectivity index (χ1n) is 5.31. The Morgan fingerprint density at radius 1 is 1.50 bits per heavy atom. The number of rotatable bonds is 2. The lowest BCUT2D eigenvalue weighted by Gasteiger charge is -2.03. The van der Waals surface area contributed by atoms with Crippen LogP contribution in [0.25, 0.3) is 0 Å². The van der Waals surface area contributed by atoms with Gasteiger partial charge in [-0.15, -0.1) is 0 Å². The highest BCUT2D eigenvalue weighted by Gasteiger charge is 2.06. The molecule has 0 aliphatic carbocycles. The van der Waals surface area contributed by atoms with Crippen LogP contribution in [0.5, 0.6) is 5.75 Å². The molecular weight excluding hydrogens is 412 g/mol. The molecule has 0 aliphatic rings. The molecule has 2 N–H and O–H groups in total. The van der Waals surface area contributed by atoms with Gasteiger partial charge in [0.25, 0.3) is 5.56 Å². The zero-order chi connectivity index (χ0) is 14.9. The molecule has 0 atom stereocenters. The summed E-state index contributed by atoms with van der Waals surface area (Å²) in [5.41, 5.74) is 0.260. The van der Waals surface area contributed by atoms with E-state index in [0.717, 1.165) is 9.15 Å². The van der Waals surface area contributed by atoms with E-state index < -0.39 is 5.56 Å². The van der Waals surface area contributed by atoms with E-state index in [0.29, 0.717) is 10.0 Å². The van der Waals surface area contributed by atoms with Crippen molar-refractivity contribution in [2.24, 2.45) is 5.10 Å². The average Bonchev–Trinajstić information content (AvgIpc) is 2.39. The van der Waals surface area contributed by atoms with Crippen LogP contribution in [0.15, 0.2) is 31.0 Å². The van der Waals surface area contributed by atoms with E-state index in [4.69, 9.17) is 12.2 Å². The Morgan fingerprint density at radius 3 is 2.90 bits per heavy atom. The van der Waals surface area contributed by atoms with Crippen LogP contribution >= 0.6 is 44.1 Å². The lowest BCUT2D eigenvalue weighted by Crippen LogP contribution is -2.22. The number of aromatic nitrogens is 3. The average molecular weight is 420 g/mol. The molecule has 2 aromatic rings. The lowest BCUT2D eigenvalue weighted by atomic mass is 10.2. The normalized spacial score (nSPS) is 11.2. The maximum Gasteiger partial charge on any atom is 0.296 e. The van der Waals surface area contributed by atoms with Crippen molar-refractivity contribution in [2.75, 3.05) is 0 Å². The fraction of sp³-hybridized carbons (Fsp3) is 0.0909. The number of aromatic hydroxyl groups is 1. The molecule has 1 aromatic heterocycles. The van der Waals surface area contributed by atoms with E-state index in [1.807, 2.05) is 0 Å². The van der Waals surface area contributed by atoms with Crippen molar-refractivity contribution < 1.29 is 5.11 Å². The highest BCUT2D eigenvalue weighted by molar-refractivity contribution is 9.11. The number of hydrogen-bond acceptors (Lipinski definition) is 5. The van der Waals surface area contributed by atoms with Gasteiger partial charge >= 0.3 is 0 Å². The first-order chi connectivity index (χ1) is 9.40. The smallest absolute Gasteiger partial charge is 0.296 e. The van der Waals surface area contributed by atoms with Gasteiger partial charge in [0.2, 0.25) is 4.77 Å². The number of phenolic OH excluding ortho intramolecular Hbond substituents is 1. The number of halogens is 2. The molecule has 0 unspecified atom stereocenters. The lowest BCUT2D eigenvalue weighted by molar-refractivity contribution is 0.471. The van der Waals surface area contributed by atoms with E-state index in [-0.39, 0.29) is 16.2 Å². The van der Waals surface area contributed by atoms with Crippen LogP contribution in [0.2, 0.25) is 0 Å². The van der Waals surface area contributed by atoms with Crippen molar-refractivity contribution in [2.45, 2.75) is 6.92 Å². The molecule has 0 aliphatic heterocycles. The molecule has 1 aromatic carbocycles. The predicted molar refractivity (Wildman–Crippen MR) is 84.9 cm³/mol. The summed E-state index contributed by atoms with van der Waals surface area (Å²) in [5.74, 6) is 0.0191. The van der Waals surface area contributed by atoms with Crippen LogP contribution in [0, 0.1) is 11.7 Å². The number of aromatic amines is 1. The van der Waals surface area contributed by atoms with Crippen LogP contribution in [-0.4, -0.2) is 26.2 Å². The molecule has 6 nitrogen and oxygen atoms in total. The van der Waals surface area contributed by atoms with Crippen molar-refractivity contribution in [3.8, 4) is 5.75 Å². The quantitative estimate of drug-likeness (QED) is 0.579. The summed E-state index contributed by atoms with van der Waals surface area (Å²) in [6.45, 7) is 1.55. The molecule has 0 saturated carbocycles. The maximum absolute atomic E-state index is 11.8. The maximum atomic E-state index is 11.8. The molecule has 20 heavy (non-hydrogen) atoms. The molecule has 0 amide bonds. The van der Waals surface area contributed by atoms with Gasteiger partial charge in [-0.05, 0) is 47.2 Å². The minimum Gasteiger partial charge on any atom is -0.506 e. The summed E-state index contributed by atoms with van der Waals surface area (Å²) in [7, 11) is 0.